The molecule has 2 N–H and O–H groups in total. The van der Waals surface area contributed by atoms with E-state index in [0.717, 1.165) is 30.8 Å². The zero-order valence-electron chi connectivity index (χ0n) is 10.7. The number of hydrogen-bond donors (Lipinski definition) is 2. The van der Waals surface area contributed by atoms with Gasteiger partial charge in [0.05, 0.1) is 11.3 Å². The number of nitrogens with zero attached hydrogens (tertiary/aromatic N) is 1. The summed E-state index contributed by atoms with van der Waals surface area (Å²) in [5.74, 6) is -0.875. The first-order chi connectivity index (χ1) is 8.06. The van der Waals surface area contributed by atoms with E-state index in [1.54, 1.807) is 6.07 Å². The maximum atomic E-state index is 11.1. The average molecular weight is 236 g/mol. The molecule has 0 heterocycles. The summed E-state index contributed by atoms with van der Waals surface area (Å²) in [4.78, 5) is 13.1. The maximum Gasteiger partial charge on any atom is 0.337 e. The van der Waals surface area contributed by atoms with Gasteiger partial charge in [-0.2, -0.15) is 0 Å². The van der Waals surface area contributed by atoms with Crippen molar-refractivity contribution in [1.29, 1.82) is 0 Å². The summed E-state index contributed by atoms with van der Waals surface area (Å²) in [6.45, 7) is 3.74. The Morgan fingerprint density at radius 2 is 2.18 bits per heavy atom. The highest BCUT2D eigenvalue weighted by atomic mass is 16.4. The lowest BCUT2D eigenvalue weighted by Gasteiger charge is -2.21. The number of carboxylic acids is 1. The van der Waals surface area contributed by atoms with Crippen LogP contribution in [-0.4, -0.2) is 38.3 Å². The van der Waals surface area contributed by atoms with Gasteiger partial charge in [0.25, 0.3) is 0 Å². The van der Waals surface area contributed by atoms with Crippen molar-refractivity contribution in [3.8, 4) is 0 Å². The van der Waals surface area contributed by atoms with Gasteiger partial charge in [-0.15, -0.1) is 0 Å². The third kappa shape index (κ3) is 3.75. The van der Waals surface area contributed by atoms with E-state index in [2.05, 4.69) is 5.32 Å². The molecule has 0 aliphatic heterocycles. The summed E-state index contributed by atoms with van der Waals surface area (Å²) < 4.78 is 0. The van der Waals surface area contributed by atoms with Crippen LogP contribution in [0.1, 0.15) is 22.3 Å². The van der Waals surface area contributed by atoms with Crippen molar-refractivity contribution in [1.82, 2.24) is 5.32 Å². The van der Waals surface area contributed by atoms with E-state index in [4.69, 9.17) is 5.11 Å². The van der Waals surface area contributed by atoms with Crippen LogP contribution in [0, 0.1) is 6.92 Å². The van der Waals surface area contributed by atoms with Crippen LogP contribution in [0.4, 0.5) is 5.69 Å². The summed E-state index contributed by atoms with van der Waals surface area (Å²) in [6, 6.07) is 5.42. The minimum absolute atomic E-state index is 0.363. The third-order valence-corrected chi connectivity index (χ3v) is 2.72. The summed E-state index contributed by atoms with van der Waals surface area (Å²) in [5, 5.41) is 12.2. The Balaban J connectivity index is 2.86. The first kappa shape index (κ1) is 13.5. The molecule has 17 heavy (non-hydrogen) atoms. The van der Waals surface area contributed by atoms with Crippen LogP contribution >= 0.6 is 0 Å². The quantitative estimate of drug-likeness (QED) is 0.739. The molecule has 0 aliphatic rings. The SMILES string of the molecule is CNCCCN(C)c1cc(C)ccc1C(=O)O. The van der Waals surface area contributed by atoms with Gasteiger partial charge in [0, 0.05) is 13.6 Å². The lowest BCUT2D eigenvalue weighted by atomic mass is 10.1. The second-order valence-electron chi connectivity index (χ2n) is 4.20. The first-order valence-electron chi connectivity index (χ1n) is 5.76. The zero-order valence-corrected chi connectivity index (χ0v) is 10.7. The number of carboxylic acid groups (broad SMARTS) is 1. The van der Waals surface area contributed by atoms with E-state index in [-0.39, 0.29) is 0 Å². The van der Waals surface area contributed by atoms with Gasteiger partial charge in [0.1, 0.15) is 0 Å². The Labute approximate surface area is 102 Å². The lowest BCUT2D eigenvalue weighted by molar-refractivity contribution is 0.0697. The summed E-state index contributed by atoms with van der Waals surface area (Å²) in [5.41, 5.74) is 2.22. The van der Waals surface area contributed by atoms with Crippen LogP contribution in [0.5, 0.6) is 0 Å². The molecule has 1 rings (SSSR count). The fourth-order valence-electron chi connectivity index (χ4n) is 1.75. The molecular weight excluding hydrogens is 216 g/mol. The van der Waals surface area contributed by atoms with Crippen molar-refractivity contribution in [3.05, 3.63) is 29.3 Å². The maximum absolute atomic E-state index is 11.1. The molecule has 0 unspecified atom stereocenters. The number of nitrogens with one attached hydrogen (secondary N) is 1. The molecule has 94 valence electrons. The van der Waals surface area contributed by atoms with Crippen LogP contribution in [0.15, 0.2) is 18.2 Å². The molecular formula is C13H20N2O2. The monoisotopic (exact) mass is 236 g/mol. The van der Waals surface area contributed by atoms with Crippen molar-refractivity contribution in [2.75, 3.05) is 32.1 Å². The lowest BCUT2D eigenvalue weighted by Crippen LogP contribution is -2.24. The van der Waals surface area contributed by atoms with Gasteiger partial charge < -0.3 is 15.3 Å². The molecule has 0 saturated heterocycles. The number of anilines is 1. The summed E-state index contributed by atoms with van der Waals surface area (Å²) in [6.07, 6.45) is 0.986. The van der Waals surface area contributed by atoms with Gasteiger partial charge in [0.15, 0.2) is 0 Å². The Kier molecular flexibility index (Phi) is 4.97. The van der Waals surface area contributed by atoms with E-state index in [1.165, 1.54) is 0 Å². The second kappa shape index (κ2) is 6.25. The van der Waals surface area contributed by atoms with Crippen molar-refractivity contribution in [2.24, 2.45) is 0 Å². The number of hydrogen-bond acceptors (Lipinski definition) is 3. The smallest absolute Gasteiger partial charge is 0.337 e. The van der Waals surface area contributed by atoms with Gasteiger partial charge in [-0.25, -0.2) is 4.79 Å². The Bertz CT molecular complexity index is 391. The molecule has 0 spiro atoms. The molecule has 0 radical (unpaired) electrons. The molecule has 1 aromatic rings. The van der Waals surface area contributed by atoms with E-state index in [9.17, 15) is 4.79 Å². The minimum atomic E-state index is -0.875. The van der Waals surface area contributed by atoms with Crippen molar-refractivity contribution < 1.29 is 9.90 Å². The molecule has 0 aromatic heterocycles. The van der Waals surface area contributed by atoms with Crippen molar-refractivity contribution >= 4 is 11.7 Å². The topological polar surface area (TPSA) is 52.6 Å². The van der Waals surface area contributed by atoms with Gasteiger partial charge in [0.2, 0.25) is 0 Å². The molecule has 0 saturated carbocycles. The zero-order chi connectivity index (χ0) is 12.8. The molecule has 0 fully saturated rings. The fraction of sp³-hybridized carbons (Fsp3) is 0.462. The number of carbonyl (C=O) groups is 1. The number of aromatic carboxylic acids is 1. The number of rotatable bonds is 6. The molecule has 0 atom stereocenters. The standard InChI is InChI=1S/C13H20N2O2/c1-10-5-6-11(13(16)17)12(9-10)15(3)8-4-7-14-2/h5-6,9,14H,4,7-8H2,1-3H3,(H,16,17). The van der Waals surface area contributed by atoms with Gasteiger partial charge in [-0.3, -0.25) is 0 Å². The third-order valence-electron chi connectivity index (χ3n) is 2.72. The summed E-state index contributed by atoms with van der Waals surface area (Å²) in [7, 11) is 3.84. The second-order valence-corrected chi connectivity index (χ2v) is 4.20. The fourth-order valence-corrected chi connectivity index (χ4v) is 1.75. The number of benzene rings is 1. The summed E-state index contributed by atoms with van der Waals surface area (Å²) >= 11 is 0. The van der Waals surface area contributed by atoms with E-state index in [1.807, 2.05) is 38.1 Å². The van der Waals surface area contributed by atoms with Crippen LogP contribution < -0.4 is 10.2 Å². The van der Waals surface area contributed by atoms with Crippen LogP contribution in [0.3, 0.4) is 0 Å². The molecule has 0 amide bonds. The van der Waals surface area contributed by atoms with Gasteiger partial charge in [-0.05, 0) is 44.6 Å². The molecule has 4 nitrogen and oxygen atoms in total. The number of aryl methyl sites for hydroxylation is 1. The van der Waals surface area contributed by atoms with E-state index in [0.29, 0.717) is 5.56 Å². The van der Waals surface area contributed by atoms with Gasteiger partial charge >= 0.3 is 5.97 Å². The highest BCUT2D eigenvalue weighted by Crippen LogP contribution is 2.21. The molecule has 1 aromatic carbocycles. The Morgan fingerprint density at radius 3 is 2.76 bits per heavy atom. The Morgan fingerprint density at radius 1 is 1.47 bits per heavy atom. The normalized spacial score (nSPS) is 10.3. The highest BCUT2D eigenvalue weighted by molar-refractivity contribution is 5.94. The predicted octanol–water partition coefficient (Wildman–Crippen LogP) is 1.74. The largest absolute Gasteiger partial charge is 0.478 e. The minimum Gasteiger partial charge on any atom is -0.478 e. The van der Waals surface area contributed by atoms with E-state index < -0.39 is 5.97 Å². The Hall–Kier alpha value is -1.55. The van der Waals surface area contributed by atoms with Crippen molar-refractivity contribution in [3.63, 3.8) is 0 Å². The van der Waals surface area contributed by atoms with Crippen LogP contribution in [-0.2, 0) is 0 Å². The highest BCUT2D eigenvalue weighted by Gasteiger charge is 2.13. The van der Waals surface area contributed by atoms with Crippen LogP contribution in [0.2, 0.25) is 0 Å². The molecule has 4 heteroatoms. The molecule has 0 bridgehead atoms. The van der Waals surface area contributed by atoms with Crippen molar-refractivity contribution in [2.45, 2.75) is 13.3 Å². The average Bonchev–Trinajstić information content (AvgIpc) is 2.28. The van der Waals surface area contributed by atoms with Crippen LogP contribution in [0.25, 0.3) is 0 Å². The van der Waals surface area contributed by atoms with Gasteiger partial charge in [-0.1, -0.05) is 6.07 Å². The van der Waals surface area contributed by atoms with E-state index >= 15 is 0 Å². The molecule has 0 aliphatic carbocycles. The first-order valence-corrected chi connectivity index (χ1v) is 5.76. The predicted molar refractivity (Wildman–Crippen MR) is 70.0 cm³/mol.